The predicted octanol–water partition coefficient (Wildman–Crippen LogP) is 2.49. The first kappa shape index (κ1) is 19.8. The van der Waals surface area contributed by atoms with Crippen LogP contribution in [0.5, 0.6) is 0 Å². The highest BCUT2D eigenvalue weighted by Gasteiger charge is 2.17. The smallest absolute Gasteiger partial charge is 0.260 e. The molecule has 1 saturated heterocycles. The number of carbonyl (C=O) groups excluding carboxylic acids is 1. The van der Waals surface area contributed by atoms with Crippen molar-refractivity contribution in [2.45, 2.75) is 6.54 Å². The summed E-state index contributed by atoms with van der Waals surface area (Å²) in [5, 5.41) is 6.14. The van der Waals surface area contributed by atoms with E-state index in [0.717, 1.165) is 37.6 Å². The Hall–Kier alpha value is -3.52. The maximum absolute atomic E-state index is 12.9. The van der Waals surface area contributed by atoms with E-state index in [4.69, 9.17) is 0 Å². The van der Waals surface area contributed by atoms with Crippen LogP contribution in [0.4, 0.5) is 17.5 Å². The zero-order valence-electron chi connectivity index (χ0n) is 17.0. The Morgan fingerprint density at radius 3 is 2.60 bits per heavy atom. The van der Waals surface area contributed by atoms with Gasteiger partial charge in [0.25, 0.3) is 5.91 Å². The van der Waals surface area contributed by atoms with Crippen LogP contribution in [0.15, 0.2) is 61.1 Å². The molecule has 0 aromatic carbocycles. The number of anilines is 3. The Bertz CT molecular complexity index is 988. The van der Waals surface area contributed by atoms with E-state index in [9.17, 15) is 4.79 Å². The third-order valence-corrected chi connectivity index (χ3v) is 5.06. The van der Waals surface area contributed by atoms with Gasteiger partial charge in [0.05, 0.1) is 5.56 Å². The molecule has 154 valence electrons. The summed E-state index contributed by atoms with van der Waals surface area (Å²) in [4.78, 5) is 30.4. The highest BCUT2D eigenvalue weighted by molar-refractivity contribution is 6.07. The highest BCUT2D eigenvalue weighted by atomic mass is 16.1. The van der Waals surface area contributed by atoms with Crippen LogP contribution in [0.2, 0.25) is 0 Å². The molecule has 8 heteroatoms. The number of likely N-dealkylation sites (N-methyl/N-ethyl adjacent to an activating group) is 1. The van der Waals surface area contributed by atoms with Crippen LogP contribution >= 0.6 is 0 Å². The number of nitrogens with zero attached hydrogens (tertiary/aromatic N) is 5. The van der Waals surface area contributed by atoms with Gasteiger partial charge in [0.15, 0.2) is 0 Å². The SMILES string of the molecule is CN1CCN(c2cccc(NC(=O)c3cccnc3NCc3ccncc3)n2)CC1. The molecule has 0 unspecified atom stereocenters. The Balaban J connectivity index is 1.45. The molecule has 1 fully saturated rings. The second-order valence-electron chi connectivity index (χ2n) is 7.23. The molecule has 3 aromatic heterocycles. The van der Waals surface area contributed by atoms with Crippen LogP contribution in [-0.2, 0) is 6.54 Å². The summed E-state index contributed by atoms with van der Waals surface area (Å²) in [6.07, 6.45) is 5.14. The van der Waals surface area contributed by atoms with Crippen molar-refractivity contribution in [2.75, 3.05) is 48.8 Å². The van der Waals surface area contributed by atoms with Crippen molar-refractivity contribution in [3.05, 3.63) is 72.2 Å². The monoisotopic (exact) mass is 403 g/mol. The molecule has 3 aromatic rings. The lowest BCUT2D eigenvalue weighted by molar-refractivity contribution is 0.102. The second kappa shape index (κ2) is 9.32. The van der Waals surface area contributed by atoms with Crippen molar-refractivity contribution in [3.63, 3.8) is 0 Å². The van der Waals surface area contributed by atoms with Crippen molar-refractivity contribution < 1.29 is 4.79 Å². The van der Waals surface area contributed by atoms with Crippen LogP contribution in [0.1, 0.15) is 15.9 Å². The largest absolute Gasteiger partial charge is 0.365 e. The van der Waals surface area contributed by atoms with Gasteiger partial charge in [-0.05, 0) is 49.0 Å². The number of carbonyl (C=O) groups is 1. The minimum Gasteiger partial charge on any atom is -0.365 e. The Kier molecular flexibility index (Phi) is 6.14. The molecule has 0 bridgehead atoms. The number of hydrogen-bond acceptors (Lipinski definition) is 7. The maximum atomic E-state index is 12.9. The average Bonchev–Trinajstić information content (AvgIpc) is 2.79. The van der Waals surface area contributed by atoms with Crippen molar-refractivity contribution in [1.82, 2.24) is 19.9 Å². The third kappa shape index (κ3) is 4.90. The molecule has 4 rings (SSSR count). The molecule has 4 heterocycles. The van der Waals surface area contributed by atoms with E-state index in [0.29, 0.717) is 23.7 Å². The second-order valence-corrected chi connectivity index (χ2v) is 7.23. The van der Waals surface area contributed by atoms with Crippen LogP contribution in [-0.4, -0.2) is 59.0 Å². The summed E-state index contributed by atoms with van der Waals surface area (Å²) in [6, 6.07) is 13.0. The van der Waals surface area contributed by atoms with Crippen molar-refractivity contribution in [3.8, 4) is 0 Å². The molecule has 0 radical (unpaired) electrons. The fourth-order valence-corrected chi connectivity index (χ4v) is 3.30. The standard InChI is InChI=1S/C22H25N7O/c1-28-12-14-29(15-13-28)20-6-2-5-19(26-20)27-22(30)18-4-3-9-24-21(18)25-16-17-7-10-23-11-8-17/h2-11H,12-16H2,1H3,(H,24,25)(H,26,27,30). The fourth-order valence-electron chi connectivity index (χ4n) is 3.30. The molecule has 0 aliphatic carbocycles. The number of amides is 1. The van der Waals surface area contributed by atoms with Gasteiger partial charge < -0.3 is 20.4 Å². The molecule has 1 aliphatic rings. The number of hydrogen-bond donors (Lipinski definition) is 2. The first-order valence-electron chi connectivity index (χ1n) is 9.99. The van der Waals surface area contributed by atoms with Crippen LogP contribution in [0, 0.1) is 0 Å². The van der Waals surface area contributed by atoms with E-state index in [-0.39, 0.29) is 5.91 Å². The zero-order valence-corrected chi connectivity index (χ0v) is 17.0. The van der Waals surface area contributed by atoms with Crippen LogP contribution in [0.25, 0.3) is 0 Å². The Morgan fingerprint density at radius 1 is 1.00 bits per heavy atom. The molecule has 0 spiro atoms. The van der Waals surface area contributed by atoms with Crippen LogP contribution < -0.4 is 15.5 Å². The molecular formula is C22H25N7O. The average molecular weight is 403 g/mol. The minimum absolute atomic E-state index is 0.247. The van der Waals surface area contributed by atoms with Crippen molar-refractivity contribution in [2.24, 2.45) is 0 Å². The fraction of sp³-hybridized carbons (Fsp3) is 0.273. The van der Waals surface area contributed by atoms with Gasteiger partial charge in [-0.25, -0.2) is 9.97 Å². The van der Waals surface area contributed by atoms with Gasteiger partial charge >= 0.3 is 0 Å². The quantitative estimate of drug-likeness (QED) is 0.654. The molecule has 1 amide bonds. The van der Waals surface area contributed by atoms with E-state index < -0.39 is 0 Å². The number of rotatable bonds is 6. The van der Waals surface area contributed by atoms with Gasteiger partial charge in [-0.15, -0.1) is 0 Å². The lowest BCUT2D eigenvalue weighted by Gasteiger charge is -2.33. The van der Waals surface area contributed by atoms with Gasteiger partial charge in [0.2, 0.25) is 0 Å². The molecule has 0 atom stereocenters. The summed E-state index contributed by atoms with van der Waals surface area (Å²) in [6.45, 7) is 4.40. The Morgan fingerprint density at radius 2 is 1.80 bits per heavy atom. The first-order valence-corrected chi connectivity index (χ1v) is 9.99. The van der Waals surface area contributed by atoms with Gasteiger partial charge in [0, 0.05) is 51.3 Å². The zero-order chi connectivity index (χ0) is 20.8. The van der Waals surface area contributed by atoms with Crippen LogP contribution in [0.3, 0.4) is 0 Å². The number of pyridine rings is 3. The van der Waals surface area contributed by atoms with E-state index in [1.54, 1.807) is 36.8 Å². The lowest BCUT2D eigenvalue weighted by Crippen LogP contribution is -2.44. The molecular weight excluding hydrogens is 378 g/mol. The van der Waals surface area contributed by atoms with E-state index in [2.05, 4.69) is 42.4 Å². The first-order chi connectivity index (χ1) is 14.7. The number of aromatic nitrogens is 3. The minimum atomic E-state index is -0.247. The summed E-state index contributed by atoms with van der Waals surface area (Å²) in [5.74, 6) is 1.69. The third-order valence-electron chi connectivity index (χ3n) is 5.06. The molecule has 8 nitrogen and oxygen atoms in total. The normalized spacial score (nSPS) is 14.4. The Labute approximate surface area is 176 Å². The maximum Gasteiger partial charge on any atom is 0.260 e. The molecule has 1 aliphatic heterocycles. The van der Waals surface area contributed by atoms with Crippen molar-refractivity contribution >= 4 is 23.4 Å². The summed E-state index contributed by atoms with van der Waals surface area (Å²) < 4.78 is 0. The van der Waals surface area contributed by atoms with E-state index in [1.807, 2.05) is 24.3 Å². The van der Waals surface area contributed by atoms with E-state index in [1.165, 1.54) is 0 Å². The molecule has 2 N–H and O–H groups in total. The summed E-state index contributed by atoms with van der Waals surface area (Å²) in [5.41, 5.74) is 1.53. The number of piperazine rings is 1. The number of nitrogens with one attached hydrogen (secondary N) is 2. The highest BCUT2D eigenvalue weighted by Crippen LogP contribution is 2.18. The summed E-state index contributed by atoms with van der Waals surface area (Å²) >= 11 is 0. The topological polar surface area (TPSA) is 86.3 Å². The predicted molar refractivity (Wildman–Crippen MR) is 118 cm³/mol. The van der Waals surface area contributed by atoms with Gasteiger partial charge in [0.1, 0.15) is 17.5 Å². The van der Waals surface area contributed by atoms with Gasteiger partial charge in [-0.2, -0.15) is 0 Å². The summed E-state index contributed by atoms with van der Waals surface area (Å²) in [7, 11) is 2.12. The lowest BCUT2D eigenvalue weighted by atomic mass is 10.2. The van der Waals surface area contributed by atoms with Crippen molar-refractivity contribution in [1.29, 1.82) is 0 Å². The van der Waals surface area contributed by atoms with E-state index >= 15 is 0 Å². The van der Waals surface area contributed by atoms with Gasteiger partial charge in [-0.3, -0.25) is 9.78 Å². The van der Waals surface area contributed by atoms with Gasteiger partial charge in [-0.1, -0.05) is 6.07 Å². The molecule has 30 heavy (non-hydrogen) atoms. The molecule has 0 saturated carbocycles.